The summed E-state index contributed by atoms with van der Waals surface area (Å²) in [5.74, 6) is 2.84. The molecule has 0 radical (unpaired) electrons. The molecule has 0 amide bonds. The summed E-state index contributed by atoms with van der Waals surface area (Å²) in [4.78, 5) is 0. The van der Waals surface area contributed by atoms with Crippen molar-refractivity contribution in [2.45, 2.75) is 53.1 Å². The molecule has 0 saturated heterocycles. The predicted molar refractivity (Wildman–Crippen MR) is 56.5 cm³/mol. The van der Waals surface area contributed by atoms with E-state index in [4.69, 9.17) is 0 Å². The van der Waals surface area contributed by atoms with Crippen LogP contribution in [0.1, 0.15) is 47.0 Å². The molecule has 1 saturated carbocycles. The first kappa shape index (κ1) is 11.0. The molecule has 1 heteroatoms. The molecule has 0 aliphatic heterocycles. The highest BCUT2D eigenvalue weighted by Crippen LogP contribution is 2.37. The molecule has 0 heterocycles. The van der Waals surface area contributed by atoms with Crippen molar-refractivity contribution in [1.29, 1.82) is 0 Å². The number of aliphatic hydroxyl groups excluding tert-OH is 1. The van der Waals surface area contributed by atoms with E-state index < -0.39 is 0 Å². The third-order valence-electron chi connectivity index (χ3n) is 3.79. The van der Waals surface area contributed by atoms with Crippen molar-refractivity contribution >= 4 is 0 Å². The lowest BCUT2D eigenvalue weighted by molar-refractivity contribution is 0.0127. The first-order chi connectivity index (χ1) is 6.02. The number of hydrogen-bond donors (Lipinski definition) is 1. The van der Waals surface area contributed by atoms with Gasteiger partial charge in [0.2, 0.25) is 0 Å². The number of hydrogen-bond acceptors (Lipinski definition) is 1. The van der Waals surface area contributed by atoms with Crippen molar-refractivity contribution in [2.75, 3.05) is 0 Å². The highest BCUT2D eigenvalue weighted by Gasteiger charge is 2.32. The van der Waals surface area contributed by atoms with E-state index in [0.29, 0.717) is 11.8 Å². The van der Waals surface area contributed by atoms with Crippen LogP contribution in [-0.2, 0) is 0 Å². The lowest BCUT2D eigenvalue weighted by Gasteiger charge is -2.38. The van der Waals surface area contributed by atoms with Crippen molar-refractivity contribution in [2.24, 2.45) is 23.7 Å². The molecule has 0 aromatic heterocycles. The minimum absolute atomic E-state index is 0.0431. The van der Waals surface area contributed by atoms with E-state index in [2.05, 4.69) is 27.7 Å². The molecule has 4 atom stereocenters. The Balaban J connectivity index is 2.48. The van der Waals surface area contributed by atoms with Crippen LogP contribution >= 0.6 is 0 Å². The van der Waals surface area contributed by atoms with Crippen LogP contribution in [0.5, 0.6) is 0 Å². The van der Waals surface area contributed by atoms with Gasteiger partial charge in [0.25, 0.3) is 0 Å². The second-order valence-corrected chi connectivity index (χ2v) is 5.25. The van der Waals surface area contributed by atoms with E-state index in [0.717, 1.165) is 18.3 Å². The maximum absolute atomic E-state index is 9.70. The summed E-state index contributed by atoms with van der Waals surface area (Å²) in [6, 6.07) is 0. The summed E-state index contributed by atoms with van der Waals surface area (Å²) in [6.45, 7) is 9.09. The third kappa shape index (κ3) is 2.70. The molecule has 1 aliphatic carbocycles. The van der Waals surface area contributed by atoms with E-state index in [-0.39, 0.29) is 6.10 Å². The largest absolute Gasteiger partial charge is 0.393 e. The van der Waals surface area contributed by atoms with Crippen LogP contribution in [0.15, 0.2) is 0 Å². The van der Waals surface area contributed by atoms with Crippen LogP contribution in [0.2, 0.25) is 0 Å². The minimum atomic E-state index is -0.0431. The first-order valence-corrected chi connectivity index (χ1v) is 5.70. The van der Waals surface area contributed by atoms with Crippen LogP contribution in [0.25, 0.3) is 0 Å². The van der Waals surface area contributed by atoms with Crippen LogP contribution in [0.3, 0.4) is 0 Å². The van der Waals surface area contributed by atoms with Gasteiger partial charge in [-0.2, -0.15) is 0 Å². The maximum Gasteiger partial charge on any atom is 0.0568 e. The van der Waals surface area contributed by atoms with E-state index in [9.17, 15) is 5.11 Å². The molecule has 0 aromatic carbocycles. The molecular weight excluding hydrogens is 160 g/mol. The third-order valence-corrected chi connectivity index (χ3v) is 3.79. The van der Waals surface area contributed by atoms with Gasteiger partial charge in [0.05, 0.1) is 6.10 Å². The lowest BCUT2D eigenvalue weighted by atomic mass is 9.70. The first-order valence-electron chi connectivity index (χ1n) is 5.70. The second-order valence-electron chi connectivity index (χ2n) is 5.25. The summed E-state index contributed by atoms with van der Waals surface area (Å²) in [5.41, 5.74) is 0. The zero-order valence-electron chi connectivity index (χ0n) is 9.46. The molecule has 78 valence electrons. The smallest absolute Gasteiger partial charge is 0.0568 e. The topological polar surface area (TPSA) is 20.2 Å². The Kier molecular flexibility index (Phi) is 3.78. The zero-order chi connectivity index (χ0) is 10.0. The number of aliphatic hydroxyl groups is 1. The van der Waals surface area contributed by atoms with Gasteiger partial charge in [0.15, 0.2) is 0 Å². The van der Waals surface area contributed by atoms with Crippen LogP contribution in [0, 0.1) is 23.7 Å². The van der Waals surface area contributed by atoms with E-state index in [1.165, 1.54) is 12.8 Å². The predicted octanol–water partition coefficient (Wildman–Crippen LogP) is 3.08. The molecule has 1 N–H and O–H groups in total. The quantitative estimate of drug-likeness (QED) is 0.699. The second kappa shape index (κ2) is 4.45. The van der Waals surface area contributed by atoms with E-state index in [1.54, 1.807) is 0 Å². The molecular formula is C12H24O. The molecule has 4 unspecified atom stereocenters. The fourth-order valence-electron chi connectivity index (χ4n) is 2.63. The monoisotopic (exact) mass is 184 g/mol. The lowest BCUT2D eigenvalue weighted by Crippen LogP contribution is -2.35. The summed E-state index contributed by atoms with van der Waals surface area (Å²) < 4.78 is 0. The SMILES string of the molecule is CC(C)CC1CCC(O)C(C)C1C. The van der Waals surface area contributed by atoms with E-state index in [1.807, 2.05) is 0 Å². The van der Waals surface area contributed by atoms with Gasteiger partial charge in [0.1, 0.15) is 0 Å². The molecule has 1 rings (SSSR count). The van der Waals surface area contributed by atoms with Crippen molar-refractivity contribution in [3.05, 3.63) is 0 Å². The average molecular weight is 184 g/mol. The van der Waals surface area contributed by atoms with Crippen molar-refractivity contribution in [3.8, 4) is 0 Å². The van der Waals surface area contributed by atoms with Crippen LogP contribution in [-0.4, -0.2) is 11.2 Å². The van der Waals surface area contributed by atoms with Gasteiger partial charge in [-0.15, -0.1) is 0 Å². The van der Waals surface area contributed by atoms with Gasteiger partial charge in [-0.25, -0.2) is 0 Å². The maximum atomic E-state index is 9.70. The summed E-state index contributed by atoms with van der Waals surface area (Å²) in [6.07, 6.45) is 3.53. The highest BCUT2D eigenvalue weighted by molar-refractivity contribution is 4.83. The Hall–Kier alpha value is -0.0400. The molecule has 0 aromatic rings. The van der Waals surface area contributed by atoms with Gasteiger partial charge < -0.3 is 5.11 Å². The Bertz CT molecular complexity index is 153. The van der Waals surface area contributed by atoms with Crippen LogP contribution < -0.4 is 0 Å². The Morgan fingerprint density at radius 2 is 1.77 bits per heavy atom. The normalized spacial score (nSPS) is 41.1. The molecule has 13 heavy (non-hydrogen) atoms. The number of rotatable bonds is 2. The summed E-state index contributed by atoms with van der Waals surface area (Å²) in [5, 5.41) is 9.70. The molecule has 1 nitrogen and oxygen atoms in total. The Morgan fingerprint density at radius 1 is 1.15 bits per heavy atom. The van der Waals surface area contributed by atoms with Gasteiger partial charge >= 0.3 is 0 Å². The summed E-state index contributed by atoms with van der Waals surface area (Å²) >= 11 is 0. The van der Waals surface area contributed by atoms with Crippen molar-refractivity contribution in [1.82, 2.24) is 0 Å². The van der Waals surface area contributed by atoms with Gasteiger partial charge in [-0.3, -0.25) is 0 Å². The van der Waals surface area contributed by atoms with Gasteiger partial charge in [-0.1, -0.05) is 27.7 Å². The Labute approximate surface area is 82.5 Å². The highest BCUT2D eigenvalue weighted by atomic mass is 16.3. The summed E-state index contributed by atoms with van der Waals surface area (Å²) in [7, 11) is 0. The molecule has 1 aliphatic rings. The van der Waals surface area contributed by atoms with Crippen molar-refractivity contribution < 1.29 is 5.11 Å². The fourth-order valence-corrected chi connectivity index (χ4v) is 2.63. The van der Waals surface area contributed by atoms with Crippen molar-refractivity contribution in [3.63, 3.8) is 0 Å². The Morgan fingerprint density at radius 3 is 2.31 bits per heavy atom. The molecule has 0 spiro atoms. The zero-order valence-corrected chi connectivity index (χ0v) is 9.46. The molecule has 0 bridgehead atoms. The molecule has 1 fully saturated rings. The van der Waals surface area contributed by atoms with Crippen LogP contribution in [0.4, 0.5) is 0 Å². The fraction of sp³-hybridized carbons (Fsp3) is 1.00. The minimum Gasteiger partial charge on any atom is -0.393 e. The van der Waals surface area contributed by atoms with E-state index >= 15 is 0 Å². The van der Waals surface area contributed by atoms with Gasteiger partial charge in [0, 0.05) is 0 Å². The van der Waals surface area contributed by atoms with Gasteiger partial charge in [-0.05, 0) is 42.9 Å². The average Bonchev–Trinajstić information content (AvgIpc) is 2.06. The standard InChI is InChI=1S/C12H24O/c1-8(2)7-11-5-6-12(13)10(4)9(11)3/h8-13H,5-7H2,1-4H3.